The number of esters is 1. The van der Waals surface area contributed by atoms with E-state index in [0.717, 1.165) is 43.6 Å². The number of piperidine rings is 1. The van der Waals surface area contributed by atoms with Crippen molar-refractivity contribution in [3.8, 4) is 0 Å². The van der Waals surface area contributed by atoms with Crippen molar-refractivity contribution in [2.45, 2.75) is 52.6 Å². The minimum atomic E-state index is -0.202. The Morgan fingerprint density at radius 2 is 2.12 bits per heavy atom. The third-order valence-corrected chi connectivity index (χ3v) is 6.92. The van der Waals surface area contributed by atoms with Crippen LogP contribution in [0.2, 0.25) is 0 Å². The Kier molecular flexibility index (Phi) is 4.14. The maximum atomic E-state index is 12.7. The molecular weight excluding hydrogens is 314 g/mol. The SMILES string of the molecule is CC1=C2[C@@H]3OC(=O)[C@H](CN4CCC[C@@H](C)C4)[C@@H]3CC[C@]2(C)C=CC1=O. The monoisotopic (exact) mass is 343 g/mol. The van der Waals surface area contributed by atoms with Gasteiger partial charge in [-0.25, -0.2) is 0 Å². The summed E-state index contributed by atoms with van der Waals surface area (Å²) in [7, 11) is 0. The topological polar surface area (TPSA) is 46.6 Å². The van der Waals surface area contributed by atoms with Crippen molar-refractivity contribution in [3.05, 3.63) is 23.3 Å². The predicted octanol–water partition coefficient (Wildman–Crippen LogP) is 3.13. The molecule has 4 heteroatoms. The van der Waals surface area contributed by atoms with Crippen LogP contribution in [0.25, 0.3) is 0 Å². The van der Waals surface area contributed by atoms with Crippen LogP contribution in [0.4, 0.5) is 0 Å². The largest absolute Gasteiger partial charge is 0.457 e. The number of allylic oxidation sites excluding steroid dienone is 3. The van der Waals surface area contributed by atoms with Gasteiger partial charge in [-0.2, -0.15) is 0 Å². The van der Waals surface area contributed by atoms with Crippen molar-refractivity contribution >= 4 is 11.8 Å². The van der Waals surface area contributed by atoms with Gasteiger partial charge < -0.3 is 9.64 Å². The minimum absolute atomic E-state index is 0.0406. The molecule has 0 radical (unpaired) electrons. The maximum absolute atomic E-state index is 12.7. The zero-order valence-corrected chi connectivity index (χ0v) is 15.6. The van der Waals surface area contributed by atoms with Gasteiger partial charge in [0, 0.05) is 30.0 Å². The average Bonchev–Trinajstić information content (AvgIpc) is 2.87. The third kappa shape index (κ3) is 2.79. The number of fused-ring (bicyclic) bond motifs is 3. The van der Waals surface area contributed by atoms with E-state index >= 15 is 0 Å². The summed E-state index contributed by atoms with van der Waals surface area (Å²) in [6.07, 6.45) is 8.02. The number of carbonyl (C=O) groups excluding carboxylic acids is 2. The number of hydrogen-bond donors (Lipinski definition) is 0. The number of rotatable bonds is 2. The molecule has 5 atom stereocenters. The van der Waals surface area contributed by atoms with Crippen LogP contribution < -0.4 is 0 Å². The van der Waals surface area contributed by atoms with Gasteiger partial charge in [0.2, 0.25) is 0 Å². The van der Waals surface area contributed by atoms with E-state index in [0.29, 0.717) is 5.92 Å². The van der Waals surface area contributed by atoms with E-state index in [9.17, 15) is 9.59 Å². The lowest BCUT2D eigenvalue weighted by atomic mass is 9.61. The van der Waals surface area contributed by atoms with E-state index in [1.807, 2.05) is 13.0 Å². The quantitative estimate of drug-likeness (QED) is 0.723. The van der Waals surface area contributed by atoms with Crippen LogP contribution in [0.3, 0.4) is 0 Å². The lowest BCUT2D eigenvalue weighted by Crippen LogP contribution is -2.43. The highest BCUT2D eigenvalue weighted by atomic mass is 16.6. The number of hydrogen-bond acceptors (Lipinski definition) is 4. The van der Waals surface area contributed by atoms with E-state index in [2.05, 4.69) is 18.7 Å². The Labute approximate surface area is 150 Å². The fourth-order valence-corrected chi connectivity index (χ4v) is 5.51. The Balaban J connectivity index is 1.58. The summed E-state index contributed by atoms with van der Waals surface area (Å²) in [5.41, 5.74) is 1.73. The smallest absolute Gasteiger partial charge is 0.311 e. The molecule has 0 spiro atoms. The highest BCUT2D eigenvalue weighted by Gasteiger charge is 2.54. The molecule has 3 fully saturated rings. The molecule has 136 valence electrons. The van der Waals surface area contributed by atoms with Crippen LogP contribution in [-0.4, -0.2) is 42.4 Å². The zero-order valence-electron chi connectivity index (χ0n) is 15.6. The van der Waals surface area contributed by atoms with Crippen LogP contribution in [0.1, 0.15) is 46.5 Å². The first kappa shape index (κ1) is 17.0. The molecule has 25 heavy (non-hydrogen) atoms. The van der Waals surface area contributed by atoms with Gasteiger partial charge >= 0.3 is 5.97 Å². The Bertz CT molecular complexity index is 664. The van der Waals surface area contributed by atoms with Crippen LogP contribution in [0, 0.1) is 23.2 Å². The van der Waals surface area contributed by atoms with Crippen LogP contribution in [0.5, 0.6) is 0 Å². The van der Waals surface area contributed by atoms with Gasteiger partial charge in [-0.3, -0.25) is 9.59 Å². The first-order chi connectivity index (χ1) is 11.9. The van der Waals surface area contributed by atoms with Crippen molar-refractivity contribution in [2.24, 2.45) is 23.2 Å². The highest BCUT2D eigenvalue weighted by Crippen LogP contribution is 2.53. The molecule has 0 aromatic heterocycles. The molecule has 0 amide bonds. The molecule has 4 aliphatic rings. The fraction of sp³-hybridized carbons (Fsp3) is 0.714. The van der Waals surface area contributed by atoms with Gasteiger partial charge in [0.05, 0.1) is 5.92 Å². The Hall–Kier alpha value is -1.42. The molecule has 2 aliphatic carbocycles. The summed E-state index contributed by atoms with van der Waals surface area (Å²) in [6, 6.07) is 0. The molecule has 0 unspecified atom stereocenters. The molecule has 0 N–H and O–H groups in total. The first-order valence-corrected chi connectivity index (χ1v) is 9.77. The summed E-state index contributed by atoms with van der Waals surface area (Å²) in [4.78, 5) is 27.3. The Morgan fingerprint density at radius 3 is 2.88 bits per heavy atom. The van der Waals surface area contributed by atoms with Crippen LogP contribution >= 0.6 is 0 Å². The number of nitrogens with zero attached hydrogens (tertiary/aromatic N) is 1. The second-order valence-electron chi connectivity index (χ2n) is 8.83. The lowest BCUT2D eigenvalue weighted by molar-refractivity contribution is -0.144. The van der Waals surface area contributed by atoms with Gasteiger partial charge in [0.25, 0.3) is 0 Å². The van der Waals surface area contributed by atoms with E-state index < -0.39 is 0 Å². The van der Waals surface area contributed by atoms with Crippen molar-refractivity contribution < 1.29 is 14.3 Å². The summed E-state index contributed by atoms with van der Waals surface area (Å²) in [6.45, 7) is 9.36. The second-order valence-corrected chi connectivity index (χ2v) is 8.83. The summed E-state index contributed by atoms with van der Waals surface area (Å²) in [5.74, 6) is 0.906. The van der Waals surface area contributed by atoms with Gasteiger partial charge in [-0.1, -0.05) is 19.9 Å². The average molecular weight is 343 g/mol. The zero-order chi connectivity index (χ0) is 17.8. The van der Waals surface area contributed by atoms with Gasteiger partial charge in [-0.05, 0) is 56.7 Å². The standard InChI is InChI=1S/C21H29NO3/c1-13-5-4-10-22(11-13)12-16-15-6-8-21(3)9-7-17(23)14(2)18(21)19(15)25-20(16)24/h7,9,13,15-16,19H,4-6,8,10-12H2,1-3H3/t13-,15+,16-,19-,21-/m1/s1. The molecule has 4 nitrogen and oxygen atoms in total. The van der Waals surface area contributed by atoms with Crippen molar-refractivity contribution in [2.75, 3.05) is 19.6 Å². The van der Waals surface area contributed by atoms with Crippen LogP contribution in [-0.2, 0) is 14.3 Å². The van der Waals surface area contributed by atoms with Crippen molar-refractivity contribution in [3.63, 3.8) is 0 Å². The molecule has 4 rings (SSSR count). The molecule has 2 heterocycles. The summed E-state index contributed by atoms with van der Waals surface area (Å²) < 4.78 is 5.89. The molecule has 0 bridgehead atoms. The summed E-state index contributed by atoms with van der Waals surface area (Å²) >= 11 is 0. The van der Waals surface area contributed by atoms with E-state index in [-0.39, 0.29) is 35.1 Å². The number of likely N-dealkylation sites (tertiary alicyclic amines) is 1. The van der Waals surface area contributed by atoms with Crippen molar-refractivity contribution in [1.82, 2.24) is 4.90 Å². The first-order valence-electron chi connectivity index (χ1n) is 9.77. The van der Waals surface area contributed by atoms with Gasteiger partial charge in [0.1, 0.15) is 6.10 Å². The van der Waals surface area contributed by atoms with Crippen molar-refractivity contribution in [1.29, 1.82) is 0 Å². The molecule has 2 saturated heterocycles. The van der Waals surface area contributed by atoms with Gasteiger partial charge in [-0.15, -0.1) is 0 Å². The molecule has 0 aromatic carbocycles. The molecule has 1 saturated carbocycles. The minimum Gasteiger partial charge on any atom is -0.457 e. The second kappa shape index (κ2) is 6.08. The predicted molar refractivity (Wildman–Crippen MR) is 95.9 cm³/mol. The fourth-order valence-electron chi connectivity index (χ4n) is 5.51. The normalized spacial score (nSPS) is 41.6. The van der Waals surface area contributed by atoms with Crippen LogP contribution in [0.15, 0.2) is 23.3 Å². The number of ketones is 1. The third-order valence-electron chi connectivity index (χ3n) is 6.92. The maximum Gasteiger partial charge on any atom is 0.311 e. The van der Waals surface area contributed by atoms with Gasteiger partial charge in [0.15, 0.2) is 5.78 Å². The van der Waals surface area contributed by atoms with E-state index in [1.54, 1.807) is 6.08 Å². The van der Waals surface area contributed by atoms with E-state index in [4.69, 9.17) is 4.74 Å². The summed E-state index contributed by atoms with van der Waals surface area (Å²) in [5, 5.41) is 0. The molecule has 2 aliphatic heterocycles. The number of carbonyl (C=O) groups is 2. The molecular formula is C21H29NO3. The molecule has 0 aromatic rings. The number of ether oxygens (including phenoxy) is 1. The Morgan fingerprint density at radius 1 is 1.32 bits per heavy atom. The lowest BCUT2D eigenvalue weighted by Gasteiger charge is -2.43. The van der Waals surface area contributed by atoms with E-state index in [1.165, 1.54) is 12.8 Å². The highest BCUT2D eigenvalue weighted by molar-refractivity contribution is 6.05.